The molecule has 1 atom stereocenters. The first kappa shape index (κ1) is 9.01. The van der Waals surface area contributed by atoms with Crippen LogP contribution in [0.1, 0.15) is 45.4 Å². The normalized spacial score (nSPS) is 24.5. The Morgan fingerprint density at radius 3 is 2.18 bits per heavy atom. The molecule has 0 amide bonds. The van der Waals surface area contributed by atoms with Crippen molar-refractivity contribution in [2.24, 2.45) is 0 Å². The molecule has 0 radical (unpaired) electrons. The van der Waals surface area contributed by atoms with E-state index in [0.29, 0.717) is 6.04 Å². The van der Waals surface area contributed by atoms with Gasteiger partial charge in [-0.3, -0.25) is 5.32 Å². The number of rotatable bonds is 2. The molecule has 1 rings (SSSR count). The summed E-state index contributed by atoms with van der Waals surface area (Å²) < 4.78 is 0. The Labute approximate surface area is 69.0 Å². The first-order valence-corrected chi connectivity index (χ1v) is 4.73. The standard InChI is InChI=1S/C9H19NO/c1-8(11)10-9-6-4-2-3-5-7-9/h8-11H,2-7H2,1H3. The first-order valence-electron chi connectivity index (χ1n) is 4.73. The largest absolute Gasteiger partial charge is 0.379 e. The Balaban J connectivity index is 2.20. The van der Waals surface area contributed by atoms with Gasteiger partial charge in [-0.1, -0.05) is 25.7 Å². The molecule has 1 aliphatic rings. The quantitative estimate of drug-likeness (QED) is 0.472. The fraction of sp³-hybridized carbons (Fsp3) is 1.00. The fourth-order valence-electron chi connectivity index (χ4n) is 1.79. The molecule has 66 valence electrons. The number of aliphatic hydroxyl groups is 1. The van der Waals surface area contributed by atoms with Gasteiger partial charge < -0.3 is 5.11 Å². The summed E-state index contributed by atoms with van der Waals surface area (Å²) in [6.07, 6.45) is 7.54. The lowest BCUT2D eigenvalue weighted by Crippen LogP contribution is -2.35. The molecule has 2 heteroatoms. The Morgan fingerprint density at radius 1 is 1.18 bits per heavy atom. The van der Waals surface area contributed by atoms with Crippen molar-refractivity contribution in [3.8, 4) is 0 Å². The van der Waals surface area contributed by atoms with E-state index in [9.17, 15) is 0 Å². The van der Waals surface area contributed by atoms with E-state index in [0.717, 1.165) is 0 Å². The van der Waals surface area contributed by atoms with Crippen LogP contribution < -0.4 is 5.32 Å². The Kier molecular flexibility index (Phi) is 3.87. The van der Waals surface area contributed by atoms with Crippen molar-refractivity contribution in [2.75, 3.05) is 0 Å². The van der Waals surface area contributed by atoms with Crippen molar-refractivity contribution in [1.29, 1.82) is 0 Å². The van der Waals surface area contributed by atoms with Gasteiger partial charge in [-0.2, -0.15) is 0 Å². The molecule has 1 saturated carbocycles. The summed E-state index contributed by atoms with van der Waals surface area (Å²) in [6, 6.07) is 0.567. The summed E-state index contributed by atoms with van der Waals surface area (Å²) in [6.45, 7) is 1.80. The van der Waals surface area contributed by atoms with Crippen LogP contribution in [0.5, 0.6) is 0 Å². The second kappa shape index (κ2) is 4.73. The number of hydrogen-bond acceptors (Lipinski definition) is 2. The summed E-state index contributed by atoms with van der Waals surface area (Å²) in [5, 5.41) is 12.3. The van der Waals surface area contributed by atoms with Gasteiger partial charge in [-0.25, -0.2) is 0 Å². The van der Waals surface area contributed by atoms with Crippen LogP contribution in [-0.2, 0) is 0 Å². The van der Waals surface area contributed by atoms with Crippen molar-refractivity contribution in [2.45, 2.75) is 57.7 Å². The third-order valence-corrected chi connectivity index (χ3v) is 2.33. The predicted molar refractivity (Wildman–Crippen MR) is 46.3 cm³/mol. The van der Waals surface area contributed by atoms with Crippen LogP contribution >= 0.6 is 0 Å². The van der Waals surface area contributed by atoms with Gasteiger partial charge in [-0.15, -0.1) is 0 Å². The summed E-state index contributed by atoms with van der Waals surface area (Å²) in [5.41, 5.74) is 0. The molecule has 0 aromatic heterocycles. The zero-order valence-electron chi connectivity index (χ0n) is 7.34. The van der Waals surface area contributed by atoms with E-state index < -0.39 is 0 Å². The van der Waals surface area contributed by atoms with Gasteiger partial charge in [0.05, 0.1) is 0 Å². The van der Waals surface area contributed by atoms with Crippen molar-refractivity contribution < 1.29 is 5.11 Å². The van der Waals surface area contributed by atoms with Gasteiger partial charge in [0, 0.05) is 6.04 Å². The molecule has 2 N–H and O–H groups in total. The number of nitrogens with one attached hydrogen (secondary N) is 1. The lowest BCUT2D eigenvalue weighted by atomic mass is 10.1. The van der Waals surface area contributed by atoms with E-state index in [-0.39, 0.29) is 6.23 Å². The smallest absolute Gasteiger partial charge is 0.102 e. The van der Waals surface area contributed by atoms with Gasteiger partial charge in [0.1, 0.15) is 6.23 Å². The maximum atomic E-state index is 9.09. The highest BCUT2D eigenvalue weighted by Gasteiger charge is 2.12. The highest BCUT2D eigenvalue weighted by Crippen LogP contribution is 2.17. The molecule has 1 unspecified atom stereocenters. The molecule has 0 saturated heterocycles. The highest BCUT2D eigenvalue weighted by atomic mass is 16.3. The van der Waals surface area contributed by atoms with E-state index >= 15 is 0 Å². The zero-order chi connectivity index (χ0) is 8.10. The second-order valence-electron chi connectivity index (χ2n) is 3.53. The minimum absolute atomic E-state index is 0.335. The van der Waals surface area contributed by atoms with Crippen LogP contribution in [-0.4, -0.2) is 17.4 Å². The van der Waals surface area contributed by atoms with Crippen LogP contribution in [0.25, 0.3) is 0 Å². The maximum Gasteiger partial charge on any atom is 0.102 e. The minimum Gasteiger partial charge on any atom is -0.379 e. The SMILES string of the molecule is CC(O)NC1CCCCCC1. The van der Waals surface area contributed by atoms with Crippen molar-refractivity contribution >= 4 is 0 Å². The first-order chi connectivity index (χ1) is 5.29. The van der Waals surface area contributed by atoms with E-state index in [4.69, 9.17) is 5.11 Å². The molecule has 0 aliphatic heterocycles. The molecule has 0 aromatic carbocycles. The van der Waals surface area contributed by atoms with Crippen molar-refractivity contribution in [3.05, 3.63) is 0 Å². The van der Waals surface area contributed by atoms with Gasteiger partial charge in [0.15, 0.2) is 0 Å². The molecule has 0 spiro atoms. The number of aliphatic hydroxyl groups excluding tert-OH is 1. The number of hydrogen-bond donors (Lipinski definition) is 2. The third-order valence-electron chi connectivity index (χ3n) is 2.33. The average molecular weight is 157 g/mol. The summed E-state index contributed by atoms with van der Waals surface area (Å²) in [4.78, 5) is 0. The van der Waals surface area contributed by atoms with Crippen molar-refractivity contribution in [1.82, 2.24) is 5.32 Å². The van der Waals surface area contributed by atoms with E-state index in [2.05, 4.69) is 5.32 Å². The van der Waals surface area contributed by atoms with E-state index in [1.165, 1.54) is 38.5 Å². The maximum absolute atomic E-state index is 9.09. The van der Waals surface area contributed by atoms with Gasteiger partial charge in [0.2, 0.25) is 0 Å². The molecule has 11 heavy (non-hydrogen) atoms. The zero-order valence-corrected chi connectivity index (χ0v) is 7.34. The van der Waals surface area contributed by atoms with E-state index in [1.807, 2.05) is 0 Å². The van der Waals surface area contributed by atoms with Crippen LogP contribution in [0.4, 0.5) is 0 Å². The molecule has 1 fully saturated rings. The summed E-state index contributed by atoms with van der Waals surface area (Å²) in [5.74, 6) is 0. The van der Waals surface area contributed by atoms with Gasteiger partial charge in [-0.05, 0) is 19.8 Å². The van der Waals surface area contributed by atoms with Crippen LogP contribution in [0.15, 0.2) is 0 Å². The Bertz CT molecular complexity index is 95.7. The average Bonchev–Trinajstić information content (AvgIpc) is 2.14. The topological polar surface area (TPSA) is 32.3 Å². The Morgan fingerprint density at radius 2 is 1.73 bits per heavy atom. The monoisotopic (exact) mass is 157 g/mol. The lowest BCUT2D eigenvalue weighted by Gasteiger charge is -2.17. The lowest BCUT2D eigenvalue weighted by molar-refractivity contribution is 0.136. The van der Waals surface area contributed by atoms with Crippen molar-refractivity contribution in [3.63, 3.8) is 0 Å². The van der Waals surface area contributed by atoms with Gasteiger partial charge >= 0.3 is 0 Å². The Hall–Kier alpha value is -0.0800. The molecule has 2 nitrogen and oxygen atoms in total. The summed E-state index contributed by atoms with van der Waals surface area (Å²) >= 11 is 0. The molecule has 0 heterocycles. The molecular formula is C9H19NO. The molecular weight excluding hydrogens is 138 g/mol. The fourth-order valence-corrected chi connectivity index (χ4v) is 1.79. The molecule has 1 aliphatic carbocycles. The van der Waals surface area contributed by atoms with Crippen LogP contribution in [0.3, 0.4) is 0 Å². The van der Waals surface area contributed by atoms with Crippen LogP contribution in [0.2, 0.25) is 0 Å². The van der Waals surface area contributed by atoms with E-state index in [1.54, 1.807) is 6.92 Å². The predicted octanol–water partition coefficient (Wildman–Crippen LogP) is 1.64. The highest BCUT2D eigenvalue weighted by molar-refractivity contribution is 4.70. The molecule has 0 bridgehead atoms. The van der Waals surface area contributed by atoms with Gasteiger partial charge in [0.25, 0.3) is 0 Å². The van der Waals surface area contributed by atoms with Crippen LogP contribution in [0, 0.1) is 0 Å². The summed E-state index contributed by atoms with van der Waals surface area (Å²) in [7, 11) is 0. The second-order valence-corrected chi connectivity index (χ2v) is 3.53. The molecule has 0 aromatic rings. The third kappa shape index (κ3) is 3.73. The minimum atomic E-state index is -0.335.